The number of hydrogen-bond acceptors (Lipinski definition) is 4. The third kappa shape index (κ3) is 6.51. The second-order valence-corrected chi connectivity index (χ2v) is 4.97. The number of nitrogens with one attached hydrogen (secondary N) is 1. The van der Waals surface area contributed by atoms with E-state index in [-0.39, 0.29) is 18.8 Å². The molecule has 0 aliphatic carbocycles. The number of aromatic nitrogens is 1. The van der Waals surface area contributed by atoms with Crippen LogP contribution in [0.15, 0.2) is 24.5 Å². The molecule has 0 saturated carbocycles. The smallest absolute Gasteiger partial charge is 0.324 e. The van der Waals surface area contributed by atoms with Gasteiger partial charge in [0.2, 0.25) is 5.91 Å². The Morgan fingerprint density at radius 1 is 1.29 bits per heavy atom. The minimum atomic E-state index is -0.962. The lowest BCUT2D eigenvalue weighted by Crippen LogP contribution is -2.40. The lowest BCUT2D eigenvalue weighted by molar-refractivity contribution is -0.138. The van der Waals surface area contributed by atoms with Crippen molar-refractivity contribution in [3.8, 4) is 0 Å². The summed E-state index contributed by atoms with van der Waals surface area (Å²) < 4.78 is 0. The Labute approximate surface area is 123 Å². The first-order valence-corrected chi connectivity index (χ1v) is 6.54. The molecule has 1 aromatic heterocycles. The molecule has 114 valence electrons. The highest BCUT2D eigenvalue weighted by Crippen LogP contribution is 2.07. The second-order valence-electron chi connectivity index (χ2n) is 4.97. The van der Waals surface area contributed by atoms with Crippen LogP contribution in [0.3, 0.4) is 0 Å². The van der Waals surface area contributed by atoms with Crippen molar-refractivity contribution in [2.45, 2.75) is 26.3 Å². The van der Waals surface area contributed by atoms with Crippen LogP contribution in [0.25, 0.3) is 0 Å². The van der Waals surface area contributed by atoms with Crippen molar-refractivity contribution in [2.75, 3.05) is 7.05 Å². The summed E-state index contributed by atoms with van der Waals surface area (Å²) in [6.07, 6.45) is 3.15. The van der Waals surface area contributed by atoms with E-state index in [9.17, 15) is 14.4 Å². The van der Waals surface area contributed by atoms with Gasteiger partial charge < -0.3 is 10.0 Å². The Bertz CT molecular complexity index is 504. The minimum Gasteiger partial charge on any atom is -0.481 e. The summed E-state index contributed by atoms with van der Waals surface area (Å²) in [6.45, 7) is 2.01. The number of pyridine rings is 1. The van der Waals surface area contributed by atoms with Crippen LogP contribution in [0.1, 0.15) is 25.3 Å². The van der Waals surface area contributed by atoms with Crippen molar-refractivity contribution in [3.05, 3.63) is 30.1 Å². The molecule has 0 fully saturated rings. The number of imide groups is 1. The number of carbonyl (C=O) groups is 3. The first-order valence-electron chi connectivity index (χ1n) is 6.54. The Morgan fingerprint density at radius 3 is 2.48 bits per heavy atom. The Balaban J connectivity index is 2.41. The van der Waals surface area contributed by atoms with Crippen LogP contribution in [0, 0.1) is 5.92 Å². The van der Waals surface area contributed by atoms with E-state index in [2.05, 4.69) is 10.3 Å². The van der Waals surface area contributed by atoms with Crippen LogP contribution < -0.4 is 5.32 Å². The fourth-order valence-corrected chi connectivity index (χ4v) is 1.79. The van der Waals surface area contributed by atoms with Crippen LogP contribution in [0.5, 0.6) is 0 Å². The van der Waals surface area contributed by atoms with Crippen molar-refractivity contribution in [1.82, 2.24) is 15.2 Å². The molecule has 0 radical (unpaired) electrons. The van der Waals surface area contributed by atoms with Crippen molar-refractivity contribution in [2.24, 2.45) is 5.92 Å². The summed E-state index contributed by atoms with van der Waals surface area (Å²) in [5.41, 5.74) is 0.898. The predicted octanol–water partition coefficient (Wildman–Crippen LogP) is 1.25. The van der Waals surface area contributed by atoms with Gasteiger partial charge in [0, 0.05) is 38.8 Å². The Hall–Kier alpha value is -2.44. The minimum absolute atomic E-state index is 0.00113. The zero-order valence-electron chi connectivity index (χ0n) is 12.1. The zero-order valence-corrected chi connectivity index (χ0v) is 12.1. The lowest BCUT2D eigenvalue weighted by Gasteiger charge is -2.18. The molecule has 0 bridgehead atoms. The molecule has 1 rings (SSSR count). The molecule has 7 heteroatoms. The maximum atomic E-state index is 11.8. The maximum Gasteiger partial charge on any atom is 0.324 e. The van der Waals surface area contributed by atoms with E-state index in [1.807, 2.05) is 0 Å². The Morgan fingerprint density at radius 2 is 1.90 bits per heavy atom. The highest BCUT2D eigenvalue weighted by atomic mass is 16.4. The maximum absolute atomic E-state index is 11.8. The van der Waals surface area contributed by atoms with E-state index in [1.165, 1.54) is 4.90 Å². The standard InChI is InChI=1S/C14H19N3O4/c1-10(8-13(19)20)7-12(18)16-14(21)17(2)9-11-3-5-15-6-4-11/h3-6,10H,7-9H2,1-2H3,(H,19,20)(H,16,18,21). The number of rotatable bonds is 6. The largest absolute Gasteiger partial charge is 0.481 e. The number of aliphatic carboxylic acids is 1. The quantitative estimate of drug-likeness (QED) is 0.822. The first kappa shape index (κ1) is 16.6. The predicted molar refractivity (Wildman–Crippen MR) is 75.3 cm³/mol. The van der Waals surface area contributed by atoms with Crippen molar-refractivity contribution < 1.29 is 19.5 Å². The number of nitrogens with zero attached hydrogens (tertiary/aromatic N) is 2. The average molecular weight is 293 g/mol. The fraction of sp³-hybridized carbons (Fsp3) is 0.429. The number of carbonyl (C=O) groups excluding carboxylic acids is 2. The molecule has 1 unspecified atom stereocenters. The Kier molecular flexibility index (Phi) is 6.32. The topological polar surface area (TPSA) is 99.6 Å². The van der Waals surface area contributed by atoms with E-state index in [1.54, 1.807) is 38.5 Å². The van der Waals surface area contributed by atoms with E-state index in [0.29, 0.717) is 6.54 Å². The number of carboxylic acids is 1. The molecular weight excluding hydrogens is 274 g/mol. The third-order valence-electron chi connectivity index (χ3n) is 2.82. The van der Waals surface area contributed by atoms with Gasteiger partial charge in [-0.1, -0.05) is 6.92 Å². The van der Waals surface area contributed by atoms with Crippen LogP contribution in [-0.4, -0.2) is 39.9 Å². The molecule has 0 saturated heterocycles. The van der Waals surface area contributed by atoms with Gasteiger partial charge in [-0.3, -0.25) is 19.9 Å². The van der Waals surface area contributed by atoms with E-state index in [0.717, 1.165) is 5.56 Å². The van der Waals surface area contributed by atoms with Crippen LogP contribution in [-0.2, 0) is 16.1 Å². The zero-order chi connectivity index (χ0) is 15.8. The molecule has 1 atom stereocenters. The number of urea groups is 1. The van der Waals surface area contributed by atoms with Crippen LogP contribution >= 0.6 is 0 Å². The molecule has 0 aromatic carbocycles. The van der Waals surface area contributed by atoms with Crippen molar-refractivity contribution in [1.29, 1.82) is 0 Å². The summed E-state index contributed by atoms with van der Waals surface area (Å²) in [4.78, 5) is 39.2. The van der Waals surface area contributed by atoms with Gasteiger partial charge in [0.1, 0.15) is 0 Å². The number of carboxylic acid groups (broad SMARTS) is 1. The highest BCUT2D eigenvalue weighted by Gasteiger charge is 2.16. The third-order valence-corrected chi connectivity index (χ3v) is 2.82. The molecule has 0 aliphatic heterocycles. The van der Waals surface area contributed by atoms with Crippen LogP contribution in [0.4, 0.5) is 4.79 Å². The van der Waals surface area contributed by atoms with Gasteiger partial charge in [-0.2, -0.15) is 0 Å². The van der Waals surface area contributed by atoms with Gasteiger partial charge in [-0.05, 0) is 23.6 Å². The first-order chi connectivity index (χ1) is 9.88. The molecule has 3 amide bonds. The van der Waals surface area contributed by atoms with Gasteiger partial charge in [-0.25, -0.2) is 4.79 Å². The van der Waals surface area contributed by atoms with Gasteiger partial charge >= 0.3 is 12.0 Å². The molecule has 21 heavy (non-hydrogen) atoms. The van der Waals surface area contributed by atoms with Gasteiger partial charge in [-0.15, -0.1) is 0 Å². The molecule has 0 aliphatic rings. The SMILES string of the molecule is CC(CC(=O)O)CC(=O)NC(=O)N(C)Cc1ccncc1. The van der Waals surface area contributed by atoms with Crippen molar-refractivity contribution >= 4 is 17.9 Å². The normalized spacial score (nSPS) is 11.5. The fourth-order valence-electron chi connectivity index (χ4n) is 1.79. The van der Waals surface area contributed by atoms with E-state index < -0.39 is 17.9 Å². The molecule has 7 nitrogen and oxygen atoms in total. The summed E-state index contributed by atoms with van der Waals surface area (Å²) in [5, 5.41) is 10.9. The van der Waals surface area contributed by atoms with Gasteiger partial charge in [0.05, 0.1) is 0 Å². The number of amides is 3. The summed E-state index contributed by atoms with van der Waals surface area (Å²) in [5.74, 6) is -1.76. The summed E-state index contributed by atoms with van der Waals surface area (Å²) in [7, 11) is 1.57. The van der Waals surface area contributed by atoms with Crippen molar-refractivity contribution in [3.63, 3.8) is 0 Å². The van der Waals surface area contributed by atoms with E-state index in [4.69, 9.17) is 5.11 Å². The lowest BCUT2D eigenvalue weighted by atomic mass is 10.0. The molecule has 1 aromatic rings. The summed E-state index contributed by atoms with van der Waals surface area (Å²) >= 11 is 0. The molecule has 2 N–H and O–H groups in total. The monoisotopic (exact) mass is 293 g/mol. The second kappa shape index (κ2) is 7.98. The van der Waals surface area contributed by atoms with Gasteiger partial charge in [0.25, 0.3) is 0 Å². The van der Waals surface area contributed by atoms with Gasteiger partial charge in [0.15, 0.2) is 0 Å². The molecular formula is C14H19N3O4. The molecule has 0 spiro atoms. The number of hydrogen-bond donors (Lipinski definition) is 2. The van der Waals surface area contributed by atoms with Crippen LogP contribution in [0.2, 0.25) is 0 Å². The van der Waals surface area contributed by atoms with E-state index >= 15 is 0 Å². The molecule has 1 heterocycles. The summed E-state index contributed by atoms with van der Waals surface area (Å²) in [6, 6.07) is 3.04. The highest BCUT2D eigenvalue weighted by molar-refractivity contribution is 5.94. The average Bonchev–Trinajstić information content (AvgIpc) is 2.38.